The standard InChI is InChI=1S/C24H24N4O/c1-17(20-11-13-21(14-12-20)27-15-7-8-16-27)25-24(29)23-18(2)26-28(19(23)3)22-9-5-4-6-10-22/h4-17H,1-3H3,(H,25,29). The Labute approximate surface area is 170 Å². The number of aryl methyl sites for hydroxylation is 1. The Balaban J connectivity index is 1.53. The predicted molar refractivity (Wildman–Crippen MR) is 115 cm³/mol. The second kappa shape index (κ2) is 7.80. The number of carbonyl (C=O) groups excluding carboxylic acids is 1. The number of aromatic nitrogens is 3. The van der Waals surface area contributed by atoms with Crippen LogP contribution in [0.5, 0.6) is 0 Å². The summed E-state index contributed by atoms with van der Waals surface area (Å²) in [6, 6.07) is 22.0. The number of benzene rings is 2. The van der Waals surface area contributed by atoms with Crippen molar-refractivity contribution in [1.29, 1.82) is 0 Å². The average molecular weight is 384 g/mol. The fourth-order valence-electron chi connectivity index (χ4n) is 3.59. The summed E-state index contributed by atoms with van der Waals surface area (Å²) in [7, 11) is 0. The molecular formula is C24H24N4O. The van der Waals surface area contributed by atoms with E-state index in [4.69, 9.17) is 0 Å². The summed E-state index contributed by atoms with van der Waals surface area (Å²) in [4.78, 5) is 13.0. The predicted octanol–water partition coefficient (Wildman–Crippen LogP) is 4.77. The van der Waals surface area contributed by atoms with Gasteiger partial charge >= 0.3 is 0 Å². The first kappa shape index (κ1) is 18.7. The molecule has 0 radical (unpaired) electrons. The van der Waals surface area contributed by atoms with Crippen molar-refractivity contribution in [2.75, 3.05) is 0 Å². The highest BCUT2D eigenvalue weighted by atomic mass is 16.1. The number of rotatable bonds is 5. The van der Waals surface area contributed by atoms with E-state index in [9.17, 15) is 4.79 Å². The lowest BCUT2D eigenvalue weighted by atomic mass is 10.1. The zero-order chi connectivity index (χ0) is 20.4. The van der Waals surface area contributed by atoms with Crippen molar-refractivity contribution in [2.24, 2.45) is 0 Å². The Morgan fingerprint density at radius 2 is 1.55 bits per heavy atom. The van der Waals surface area contributed by atoms with Gasteiger partial charge in [-0.1, -0.05) is 30.3 Å². The lowest BCUT2D eigenvalue weighted by Gasteiger charge is -2.15. The Morgan fingerprint density at radius 3 is 2.21 bits per heavy atom. The molecule has 0 bridgehead atoms. The van der Waals surface area contributed by atoms with E-state index < -0.39 is 0 Å². The van der Waals surface area contributed by atoms with Crippen LogP contribution in [-0.4, -0.2) is 20.3 Å². The van der Waals surface area contributed by atoms with Gasteiger partial charge in [-0.15, -0.1) is 0 Å². The SMILES string of the molecule is Cc1nn(-c2ccccc2)c(C)c1C(=O)NC(C)c1ccc(-n2cccc2)cc1. The van der Waals surface area contributed by atoms with Crippen molar-refractivity contribution in [2.45, 2.75) is 26.8 Å². The Bertz CT molecular complexity index is 1110. The molecule has 1 N–H and O–H groups in total. The Hall–Kier alpha value is -3.60. The normalized spacial score (nSPS) is 12.0. The smallest absolute Gasteiger partial charge is 0.255 e. The average Bonchev–Trinajstić information content (AvgIpc) is 3.37. The van der Waals surface area contributed by atoms with E-state index in [-0.39, 0.29) is 11.9 Å². The number of nitrogens with zero attached hydrogens (tertiary/aromatic N) is 3. The molecule has 0 saturated carbocycles. The molecule has 146 valence electrons. The Morgan fingerprint density at radius 1 is 0.897 bits per heavy atom. The zero-order valence-corrected chi connectivity index (χ0v) is 16.8. The Kier molecular flexibility index (Phi) is 5.04. The molecule has 0 saturated heterocycles. The molecule has 0 aliphatic rings. The van der Waals surface area contributed by atoms with E-state index in [2.05, 4.69) is 27.1 Å². The molecule has 0 aliphatic heterocycles. The highest BCUT2D eigenvalue weighted by Gasteiger charge is 2.21. The minimum absolute atomic E-state index is 0.107. The van der Waals surface area contributed by atoms with E-state index >= 15 is 0 Å². The first-order valence-electron chi connectivity index (χ1n) is 9.70. The van der Waals surface area contributed by atoms with Crippen LogP contribution in [0.25, 0.3) is 11.4 Å². The molecule has 0 spiro atoms. The van der Waals surface area contributed by atoms with Gasteiger partial charge in [0.2, 0.25) is 0 Å². The lowest BCUT2D eigenvalue weighted by molar-refractivity contribution is 0.0938. The van der Waals surface area contributed by atoms with Gasteiger partial charge in [0.25, 0.3) is 5.91 Å². The number of carbonyl (C=O) groups is 1. The summed E-state index contributed by atoms with van der Waals surface area (Å²) in [5.41, 5.74) is 5.28. The van der Waals surface area contributed by atoms with Crippen LogP contribution in [0.2, 0.25) is 0 Å². The molecule has 1 unspecified atom stereocenters. The van der Waals surface area contributed by atoms with Crippen LogP contribution in [-0.2, 0) is 0 Å². The molecule has 4 rings (SSSR count). The number of hydrogen-bond donors (Lipinski definition) is 1. The number of para-hydroxylation sites is 1. The van der Waals surface area contributed by atoms with E-state index in [1.54, 1.807) is 0 Å². The number of nitrogens with one attached hydrogen (secondary N) is 1. The van der Waals surface area contributed by atoms with Gasteiger partial charge in [0, 0.05) is 18.1 Å². The molecule has 5 nitrogen and oxygen atoms in total. The number of amides is 1. The van der Waals surface area contributed by atoms with Crippen LogP contribution < -0.4 is 5.32 Å². The van der Waals surface area contributed by atoms with E-state index in [0.717, 1.165) is 28.3 Å². The summed E-state index contributed by atoms with van der Waals surface area (Å²) in [5.74, 6) is -0.107. The molecule has 2 heterocycles. The summed E-state index contributed by atoms with van der Waals surface area (Å²) >= 11 is 0. The summed E-state index contributed by atoms with van der Waals surface area (Å²) < 4.78 is 3.87. The van der Waals surface area contributed by atoms with Gasteiger partial charge in [-0.25, -0.2) is 4.68 Å². The molecule has 2 aromatic carbocycles. The van der Waals surface area contributed by atoms with Gasteiger partial charge in [-0.05, 0) is 62.7 Å². The first-order valence-corrected chi connectivity index (χ1v) is 9.70. The van der Waals surface area contributed by atoms with Gasteiger partial charge in [0.05, 0.1) is 28.7 Å². The fraction of sp³-hybridized carbons (Fsp3) is 0.167. The van der Waals surface area contributed by atoms with Crippen molar-refractivity contribution in [3.05, 3.63) is 102 Å². The van der Waals surface area contributed by atoms with Gasteiger partial charge in [-0.3, -0.25) is 4.79 Å². The second-order valence-corrected chi connectivity index (χ2v) is 7.17. The van der Waals surface area contributed by atoms with Crippen molar-refractivity contribution < 1.29 is 4.79 Å². The van der Waals surface area contributed by atoms with Crippen LogP contribution in [0.1, 0.15) is 40.3 Å². The largest absolute Gasteiger partial charge is 0.345 e. The summed E-state index contributed by atoms with van der Waals surface area (Å²) in [5, 5.41) is 7.69. The number of hydrogen-bond acceptors (Lipinski definition) is 2. The van der Waals surface area contributed by atoms with Gasteiger partial charge in [0.15, 0.2) is 0 Å². The maximum absolute atomic E-state index is 13.0. The van der Waals surface area contributed by atoms with Crippen LogP contribution in [0, 0.1) is 13.8 Å². The maximum Gasteiger partial charge on any atom is 0.255 e. The summed E-state index contributed by atoms with van der Waals surface area (Å²) in [6.45, 7) is 5.80. The summed E-state index contributed by atoms with van der Waals surface area (Å²) in [6.07, 6.45) is 4.02. The fourth-order valence-corrected chi connectivity index (χ4v) is 3.59. The molecule has 1 atom stereocenters. The molecule has 4 aromatic rings. The lowest BCUT2D eigenvalue weighted by Crippen LogP contribution is -2.27. The zero-order valence-electron chi connectivity index (χ0n) is 16.8. The maximum atomic E-state index is 13.0. The highest BCUT2D eigenvalue weighted by Crippen LogP contribution is 2.20. The minimum atomic E-state index is -0.111. The van der Waals surface area contributed by atoms with Crippen LogP contribution in [0.3, 0.4) is 0 Å². The second-order valence-electron chi connectivity index (χ2n) is 7.17. The van der Waals surface area contributed by atoms with Gasteiger partial charge in [0.1, 0.15) is 0 Å². The molecule has 5 heteroatoms. The molecule has 29 heavy (non-hydrogen) atoms. The van der Waals surface area contributed by atoms with E-state index in [0.29, 0.717) is 5.56 Å². The van der Waals surface area contributed by atoms with E-state index in [1.807, 2.05) is 92.4 Å². The van der Waals surface area contributed by atoms with Gasteiger partial charge in [-0.2, -0.15) is 5.10 Å². The quantitative estimate of drug-likeness (QED) is 0.539. The molecular weight excluding hydrogens is 360 g/mol. The van der Waals surface area contributed by atoms with Gasteiger partial charge < -0.3 is 9.88 Å². The van der Waals surface area contributed by atoms with Crippen molar-refractivity contribution in [1.82, 2.24) is 19.7 Å². The van der Waals surface area contributed by atoms with E-state index in [1.165, 1.54) is 0 Å². The molecule has 1 amide bonds. The molecule has 0 fully saturated rings. The van der Waals surface area contributed by atoms with Crippen LogP contribution in [0.15, 0.2) is 79.1 Å². The first-order chi connectivity index (χ1) is 14.0. The third-order valence-electron chi connectivity index (χ3n) is 5.16. The third kappa shape index (κ3) is 3.72. The topological polar surface area (TPSA) is 51.9 Å². The minimum Gasteiger partial charge on any atom is -0.345 e. The van der Waals surface area contributed by atoms with Crippen molar-refractivity contribution in [3.63, 3.8) is 0 Å². The third-order valence-corrected chi connectivity index (χ3v) is 5.16. The van der Waals surface area contributed by atoms with Crippen LogP contribution in [0.4, 0.5) is 0 Å². The molecule has 2 aromatic heterocycles. The van der Waals surface area contributed by atoms with Crippen molar-refractivity contribution >= 4 is 5.91 Å². The van der Waals surface area contributed by atoms with Crippen molar-refractivity contribution in [3.8, 4) is 11.4 Å². The molecule has 0 aliphatic carbocycles. The highest BCUT2D eigenvalue weighted by molar-refractivity contribution is 5.96. The monoisotopic (exact) mass is 384 g/mol. The van der Waals surface area contributed by atoms with Crippen LogP contribution >= 0.6 is 0 Å².